The van der Waals surface area contributed by atoms with Crippen LogP contribution >= 0.6 is 0 Å². The number of cyclic esters (lactones) is 1. The number of methoxy groups -OCH3 is 1. The summed E-state index contributed by atoms with van der Waals surface area (Å²) in [7, 11) is 3.30. The molecule has 0 N–H and O–H groups in total. The lowest BCUT2D eigenvalue weighted by Gasteiger charge is -2.38. The van der Waals surface area contributed by atoms with Crippen molar-refractivity contribution in [1.82, 2.24) is 24.5 Å². The number of piperazine rings is 2. The van der Waals surface area contributed by atoms with Crippen LogP contribution in [0.1, 0.15) is 31.2 Å². The Balaban J connectivity index is 1.14. The Hall–Kier alpha value is -2.20. The van der Waals surface area contributed by atoms with Crippen molar-refractivity contribution in [2.45, 2.75) is 44.5 Å². The summed E-state index contributed by atoms with van der Waals surface area (Å²) >= 11 is 0. The Morgan fingerprint density at radius 1 is 0.917 bits per heavy atom. The molecule has 1 aromatic rings. The minimum absolute atomic E-state index is 0.0989. The average Bonchev–Trinajstić information content (AvgIpc) is 3.20. The first-order valence-corrected chi connectivity index (χ1v) is 13.5. The van der Waals surface area contributed by atoms with Gasteiger partial charge in [0.25, 0.3) is 0 Å². The van der Waals surface area contributed by atoms with Crippen molar-refractivity contribution >= 4 is 12.1 Å². The lowest BCUT2D eigenvalue weighted by atomic mass is 10.1. The molecule has 2 atom stereocenters. The monoisotopic (exact) mass is 501 g/mol. The first kappa shape index (κ1) is 26.9. The fourth-order valence-corrected chi connectivity index (χ4v) is 5.54. The molecule has 2 unspecified atom stereocenters. The molecule has 200 valence electrons. The minimum Gasteiger partial charge on any atom is -0.469 e. The van der Waals surface area contributed by atoms with Gasteiger partial charge in [-0.15, -0.1) is 0 Å². The van der Waals surface area contributed by atoms with Gasteiger partial charge in [0.2, 0.25) is 0 Å². The van der Waals surface area contributed by atoms with Gasteiger partial charge in [0.15, 0.2) is 6.23 Å². The molecule has 3 saturated heterocycles. The van der Waals surface area contributed by atoms with Crippen LogP contribution in [-0.4, -0.2) is 128 Å². The van der Waals surface area contributed by atoms with E-state index in [1.54, 1.807) is 4.90 Å². The fraction of sp³-hybridized carbons (Fsp3) is 0.704. The van der Waals surface area contributed by atoms with Crippen molar-refractivity contribution in [1.29, 1.82) is 0 Å². The molecule has 0 bridgehead atoms. The first-order chi connectivity index (χ1) is 17.5. The first-order valence-electron chi connectivity index (χ1n) is 13.5. The molecule has 0 aromatic heterocycles. The number of amides is 1. The van der Waals surface area contributed by atoms with E-state index in [9.17, 15) is 9.59 Å². The minimum atomic E-state index is -0.215. The van der Waals surface area contributed by atoms with Gasteiger partial charge in [0, 0.05) is 72.5 Å². The zero-order valence-corrected chi connectivity index (χ0v) is 22.0. The largest absolute Gasteiger partial charge is 0.469 e. The number of hydrogen-bond acceptors (Lipinski definition) is 8. The van der Waals surface area contributed by atoms with Gasteiger partial charge < -0.3 is 24.2 Å². The lowest BCUT2D eigenvalue weighted by Crippen LogP contribution is -2.54. The highest BCUT2D eigenvalue weighted by Crippen LogP contribution is 2.26. The molecular weight excluding hydrogens is 458 g/mol. The van der Waals surface area contributed by atoms with Crippen LogP contribution in [0.2, 0.25) is 0 Å². The van der Waals surface area contributed by atoms with Gasteiger partial charge in [-0.2, -0.15) is 0 Å². The Labute approximate surface area is 215 Å². The summed E-state index contributed by atoms with van der Waals surface area (Å²) in [5, 5.41) is 0. The highest BCUT2D eigenvalue weighted by Gasteiger charge is 2.43. The average molecular weight is 502 g/mol. The van der Waals surface area contributed by atoms with E-state index in [1.807, 2.05) is 7.05 Å². The molecule has 4 rings (SSSR count). The number of hydrogen-bond donors (Lipinski definition) is 0. The highest BCUT2D eigenvalue weighted by molar-refractivity contribution is 5.70. The van der Waals surface area contributed by atoms with Crippen molar-refractivity contribution in [2.75, 3.05) is 79.6 Å². The number of likely N-dealkylation sites (N-methyl/N-ethyl adjacent to an activating group) is 1. The normalized spacial score (nSPS) is 24.7. The van der Waals surface area contributed by atoms with E-state index in [4.69, 9.17) is 9.47 Å². The molecule has 1 amide bonds. The van der Waals surface area contributed by atoms with E-state index in [0.29, 0.717) is 6.42 Å². The maximum Gasteiger partial charge on any atom is 0.411 e. The van der Waals surface area contributed by atoms with Crippen molar-refractivity contribution in [3.63, 3.8) is 0 Å². The van der Waals surface area contributed by atoms with Crippen LogP contribution in [0, 0.1) is 0 Å². The van der Waals surface area contributed by atoms with Crippen LogP contribution in [0.4, 0.5) is 4.79 Å². The number of ether oxygens (including phenoxy) is 2. The van der Waals surface area contributed by atoms with Gasteiger partial charge in [-0.1, -0.05) is 30.3 Å². The predicted octanol–water partition coefficient (Wildman–Crippen LogP) is 1.93. The molecule has 0 saturated carbocycles. The lowest BCUT2D eigenvalue weighted by molar-refractivity contribution is -0.141. The van der Waals surface area contributed by atoms with Gasteiger partial charge in [0.05, 0.1) is 19.6 Å². The van der Waals surface area contributed by atoms with Crippen LogP contribution in [0.3, 0.4) is 0 Å². The maximum atomic E-state index is 12.4. The van der Waals surface area contributed by atoms with Gasteiger partial charge in [-0.3, -0.25) is 14.6 Å². The van der Waals surface area contributed by atoms with E-state index in [2.05, 4.69) is 49.9 Å². The number of nitrogens with zero attached hydrogens (tertiary/aromatic N) is 5. The number of benzene rings is 1. The Kier molecular flexibility index (Phi) is 9.98. The molecule has 9 nitrogen and oxygen atoms in total. The molecule has 1 aromatic carbocycles. The number of rotatable bonds is 11. The maximum absolute atomic E-state index is 12.4. The summed E-state index contributed by atoms with van der Waals surface area (Å²) in [5.74, 6) is -0.169. The van der Waals surface area contributed by atoms with Gasteiger partial charge in [-0.25, -0.2) is 4.79 Å². The highest BCUT2D eigenvalue weighted by atomic mass is 16.6. The molecule has 0 radical (unpaired) electrons. The van der Waals surface area contributed by atoms with Crippen molar-refractivity contribution in [3.05, 3.63) is 35.9 Å². The van der Waals surface area contributed by atoms with Gasteiger partial charge in [-0.05, 0) is 31.4 Å². The third-order valence-corrected chi connectivity index (χ3v) is 7.90. The molecular formula is C27H43N5O4. The number of carbonyl (C=O) groups excluding carboxylic acids is 2. The molecule has 3 aliphatic rings. The van der Waals surface area contributed by atoms with Crippen LogP contribution < -0.4 is 0 Å². The molecule has 3 heterocycles. The van der Waals surface area contributed by atoms with E-state index < -0.39 is 0 Å². The van der Waals surface area contributed by atoms with Crippen LogP contribution in [-0.2, 0) is 20.8 Å². The second kappa shape index (κ2) is 13.4. The molecule has 3 aliphatic heterocycles. The summed E-state index contributed by atoms with van der Waals surface area (Å²) < 4.78 is 10.5. The smallest absolute Gasteiger partial charge is 0.411 e. The zero-order chi connectivity index (χ0) is 25.3. The Morgan fingerprint density at radius 3 is 2.25 bits per heavy atom. The SMILES string of the molecule is COC(=O)CCN1CCN(C2OC(=O)N(C)C2CCCCN2CCN(Cc3ccccc3)CC2)CC1. The Morgan fingerprint density at radius 2 is 1.56 bits per heavy atom. The summed E-state index contributed by atoms with van der Waals surface area (Å²) in [4.78, 5) is 35.3. The summed E-state index contributed by atoms with van der Waals surface area (Å²) in [6.07, 6.45) is 3.22. The van der Waals surface area contributed by atoms with E-state index in [0.717, 1.165) is 91.3 Å². The third kappa shape index (κ3) is 7.41. The van der Waals surface area contributed by atoms with Gasteiger partial charge >= 0.3 is 12.1 Å². The van der Waals surface area contributed by atoms with Crippen LogP contribution in [0.25, 0.3) is 0 Å². The molecule has 9 heteroatoms. The molecule has 0 aliphatic carbocycles. The van der Waals surface area contributed by atoms with E-state index in [1.165, 1.54) is 12.7 Å². The summed E-state index contributed by atoms with van der Waals surface area (Å²) in [5.41, 5.74) is 1.39. The van der Waals surface area contributed by atoms with Gasteiger partial charge in [0.1, 0.15) is 0 Å². The van der Waals surface area contributed by atoms with Crippen molar-refractivity contribution < 1.29 is 19.1 Å². The van der Waals surface area contributed by atoms with Crippen molar-refractivity contribution in [3.8, 4) is 0 Å². The second-order valence-corrected chi connectivity index (χ2v) is 10.3. The summed E-state index contributed by atoms with van der Waals surface area (Å²) in [6.45, 7) is 10.8. The van der Waals surface area contributed by atoms with Crippen LogP contribution in [0.5, 0.6) is 0 Å². The van der Waals surface area contributed by atoms with Crippen molar-refractivity contribution in [2.24, 2.45) is 0 Å². The molecule has 36 heavy (non-hydrogen) atoms. The number of unbranched alkanes of at least 4 members (excludes halogenated alkanes) is 1. The molecule has 0 spiro atoms. The topological polar surface area (TPSA) is 68.8 Å². The van der Waals surface area contributed by atoms with Crippen LogP contribution in [0.15, 0.2) is 30.3 Å². The quantitative estimate of drug-likeness (QED) is 0.337. The predicted molar refractivity (Wildman–Crippen MR) is 138 cm³/mol. The van der Waals surface area contributed by atoms with E-state index in [-0.39, 0.29) is 24.3 Å². The zero-order valence-electron chi connectivity index (χ0n) is 22.0. The second-order valence-electron chi connectivity index (χ2n) is 10.3. The number of esters is 1. The Bertz CT molecular complexity index is 825. The third-order valence-electron chi connectivity index (χ3n) is 7.90. The summed E-state index contributed by atoms with van der Waals surface area (Å²) in [6, 6.07) is 10.8. The fourth-order valence-electron chi connectivity index (χ4n) is 5.54. The standard InChI is InChI=1S/C27H43N5O4/c1-28-24(26(36-27(28)34)32-20-18-30(19-21-32)13-11-25(33)35-2)10-6-7-12-29-14-16-31(17-15-29)22-23-8-4-3-5-9-23/h3-5,8-9,24,26H,6-7,10-22H2,1-2H3. The molecule has 3 fully saturated rings. The van der Waals surface area contributed by atoms with E-state index >= 15 is 0 Å². The number of carbonyl (C=O) groups is 2.